The Hall–Kier alpha value is 0.584. The number of hydrogen-bond donors (Lipinski definition) is 1. The molecule has 2 aromatic rings. The van der Waals surface area contributed by atoms with Crippen LogP contribution in [0.15, 0.2) is 30.6 Å². The number of nitrogens with zero attached hydrogens (tertiary/aromatic N) is 3. The van der Waals surface area contributed by atoms with Gasteiger partial charge in [-0.05, 0) is 117 Å². The number of carbonyl (C=O) groups is 1. The van der Waals surface area contributed by atoms with Crippen molar-refractivity contribution in [2.24, 2.45) is 11.3 Å². The molecule has 52 heavy (non-hydrogen) atoms. The summed E-state index contributed by atoms with van der Waals surface area (Å²) in [6.45, 7) is 30.1. The predicted octanol–water partition coefficient (Wildman–Crippen LogP) is 8.13. The SMILES string of the molecule is CCC.OC(F)(F)F.[CH2-]CC(C[CH2-])c1c(C)cncc1C(C(=O)C(C)CC)N(C)CCC(CCN1CCC(C)(C)C1)c1cc(Cl)ccc1C.[CH3-].[Cr].[Cs+]. The summed E-state index contributed by atoms with van der Waals surface area (Å²) in [6.07, 6.45) is 5.71. The second kappa shape index (κ2) is 28.1. The number of aromatic nitrogens is 1. The minimum absolute atomic E-state index is 0. The van der Waals surface area contributed by atoms with Crippen LogP contribution in [-0.4, -0.2) is 65.3 Å². The number of likely N-dealkylation sites (N-methyl/N-ethyl adjacent to an activating group) is 1. The van der Waals surface area contributed by atoms with Gasteiger partial charge in [0, 0.05) is 47.2 Å². The first-order valence-corrected chi connectivity index (χ1v) is 18.3. The average Bonchev–Trinajstić information content (AvgIpc) is 3.37. The number of hydrogen-bond acceptors (Lipinski definition) is 5. The number of Topliss-reactive ketones (excluding diaryl/α,β-unsaturated/α-hetero) is 1. The van der Waals surface area contributed by atoms with Crippen molar-refractivity contribution in [3.63, 3.8) is 0 Å². The summed E-state index contributed by atoms with van der Waals surface area (Å²) in [7, 11) is 2.12. The van der Waals surface area contributed by atoms with Crippen LogP contribution < -0.4 is 68.9 Å². The second-order valence-corrected chi connectivity index (χ2v) is 14.9. The smallest absolute Gasteiger partial charge is 0.358 e. The third-order valence-corrected chi connectivity index (χ3v) is 9.72. The number of likely N-dealkylation sites (tertiary alicyclic amines) is 1. The maximum absolute atomic E-state index is 14.0. The van der Waals surface area contributed by atoms with E-state index in [1.165, 1.54) is 36.1 Å². The van der Waals surface area contributed by atoms with Crippen LogP contribution in [0.4, 0.5) is 13.2 Å². The summed E-state index contributed by atoms with van der Waals surface area (Å²) >= 11 is 6.52. The zero-order valence-electron chi connectivity index (χ0n) is 34.0. The summed E-state index contributed by atoms with van der Waals surface area (Å²) in [5.41, 5.74) is 6.37. The Bertz CT molecular complexity index is 1270. The molecule has 3 atom stereocenters. The number of rotatable bonds is 15. The Balaban J connectivity index is -0.00000198. The van der Waals surface area contributed by atoms with Crippen molar-refractivity contribution < 1.29 is 109 Å². The number of carbonyl (C=O) groups excluding carboxylic acids is 1. The first kappa shape index (κ1) is 56.9. The molecule has 0 radical (unpaired) electrons. The fourth-order valence-electron chi connectivity index (χ4n) is 6.63. The molecule has 0 saturated carbocycles. The van der Waals surface area contributed by atoms with Crippen molar-refractivity contribution in [2.45, 2.75) is 125 Å². The van der Waals surface area contributed by atoms with E-state index in [-0.39, 0.29) is 117 Å². The first-order valence-electron chi connectivity index (χ1n) is 17.9. The van der Waals surface area contributed by atoms with Gasteiger partial charge >= 0.3 is 75.3 Å². The number of alkyl halides is 3. The summed E-state index contributed by atoms with van der Waals surface area (Å²) in [6, 6.07) is 5.95. The molecule has 1 N–H and O–H groups in total. The van der Waals surface area contributed by atoms with Crippen molar-refractivity contribution in [1.29, 1.82) is 0 Å². The van der Waals surface area contributed by atoms with Crippen LogP contribution in [0, 0.1) is 46.5 Å². The molecule has 1 fully saturated rings. The van der Waals surface area contributed by atoms with Gasteiger partial charge in [-0.3, -0.25) is 14.7 Å². The summed E-state index contributed by atoms with van der Waals surface area (Å²) in [5.74, 6) is 0.811. The van der Waals surface area contributed by atoms with Crippen LogP contribution in [-0.2, 0) is 22.2 Å². The minimum Gasteiger partial charge on any atom is -0.358 e. The molecule has 5 nitrogen and oxygen atoms in total. The zero-order valence-corrected chi connectivity index (χ0v) is 42.3. The summed E-state index contributed by atoms with van der Waals surface area (Å²) in [4.78, 5) is 23.5. The van der Waals surface area contributed by atoms with Crippen LogP contribution in [0.3, 0.4) is 0 Å². The van der Waals surface area contributed by atoms with E-state index in [4.69, 9.17) is 16.7 Å². The van der Waals surface area contributed by atoms with Gasteiger partial charge in [0.05, 0.1) is 6.04 Å². The van der Waals surface area contributed by atoms with Crippen LogP contribution in [0.5, 0.6) is 0 Å². The molecule has 294 valence electrons. The van der Waals surface area contributed by atoms with Gasteiger partial charge < -0.3 is 31.3 Å². The van der Waals surface area contributed by atoms with E-state index in [1.54, 1.807) is 0 Å². The minimum atomic E-state index is -5.00. The van der Waals surface area contributed by atoms with Gasteiger partial charge in [0.2, 0.25) is 0 Å². The number of benzene rings is 1. The van der Waals surface area contributed by atoms with Crippen molar-refractivity contribution in [3.8, 4) is 0 Å². The van der Waals surface area contributed by atoms with E-state index in [0.29, 0.717) is 11.3 Å². The van der Waals surface area contributed by atoms with Crippen molar-refractivity contribution in [2.75, 3.05) is 33.2 Å². The Morgan fingerprint density at radius 1 is 1.06 bits per heavy atom. The molecule has 1 aliphatic rings. The van der Waals surface area contributed by atoms with Gasteiger partial charge in [-0.25, -0.2) is 0 Å². The van der Waals surface area contributed by atoms with Crippen LogP contribution in [0.1, 0.15) is 132 Å². The fraction of sp³-hybridized carbons (Fsp3) is 0.634. The molecular weight excluding hydrogens is 844 g/mol. The van der Waals surface area contributed by atoms with Gasteiger partial charge in [0.1, 0.15) is 0 Å². The largest absolute Gasteiger partial charge is 1.00 e. The molecule has 0 aliphatic carbocycles. The van der Waals surface area contributed by atoms with Crippen LogP contribution in [0.25, 0.3) is 0 Å². The Morgan fingerprint density at radius 3 is 2.10 bits per heavy atom. The maximum atomic E-state index is 14.0. The molecule has 2 heterocycles. The van der Waals surface area contributed by atoms with Gasteiger partial charge in [0.15, 0.2) is 5.78 Å². The molecule has 0 spiro atoms. The molecule has 1 aromatic carbocycles. The Labute approximate surface area is 390 Å². The molecule has 1 saturated heterocycles. The van der Waals surface area contributed by atoms with E-state index < -0.39 is 6.36 Å². The first-order chi connectivity index (χ1) is 22.8. The van der Waals surface area contributed by atoms with E-state index in [1.807, 2.05) is 18.5 Å². The Kier molecular flexibility index (Phi) is 30.7. The van der Waals surface area contributed by atoms with Crippen molar-refractivity contribution in [3.05, 3.63) is 84.7 Å². The van der Waals surface area contributed by atoms with Crippen molar-refractivity contribution >= 4 is 17.4 Å². The molecule has 1 aliphatic heterocycles. The van der Waals surface area contributed by atoms with Gasteiger partial charge in [-0.2, -0.15) is 12.8 Å². The Morgan fingerprint density at radius 2 is 1.62 bits per heavy atom. The normalized spacial score (nSPS) is 15.5. The molecule has 3 rings (SSSR count). The number of halogens is 4. The molecule has 11 heteroatoms. The molecule has 3 unspecified atom stereocenters. The maximum Gasteiger partial charge on any atom is 1.00 e. The summed E-state index contributed by atoms with van der Waals surface area (Å²) in [5, 5.41) is 7.31. The van der Waals surface area contributed by atoms with E-state index >= 15 is 0 Å². The number of aryl methyl sites for hydroxylation is 2. The van der Waals surface area contributed by atoms with Gasteiger partial charge in [-0.15, -0.1) is 13.2 Å². The van der Waals surface area contributed by atoms with E-state index in [2.05, 4.69) is 103 Å². The summed E-state index contributed by atoms with van der Waals surface area (Å²) < 4.78 is 29.7. The zero-order chi connectivity index (χ0) is 37.5. The van der Waals surface area contributed by atoms with Gasteiger partial charge in [-0.1, -0.05) is 71.5 Å². The number of aliphatic hydroxyl groups is 1. The van der Waals surface area contributed by atoms with Crippen LogP contribution >= 0.6 is 11.6 Å². The third-order valence-electron chi connectivity index (χ3n) is 9.49. The van der Waals surface area contributed by atoms with E-state index in [9.17, 15) is 18.0 Å². The standard InChI is InChI=1S/C36H54ClN3O.C3H8.CHF3O.CH3.Cr.Cs/c1-10-25(4)35(41)34(32-23-38-22-27(6)33(32)28(11-2)12-3)39(9)18-15-29(31-21-30(37)14-13-26(31)5)16-19-40-20-17-36(7,8)24-40;1-3-2;2-1(3,4)5;;;/h13-14,21-23,25,28-29,34H,2-3,10-12,15-20,24H2,1,4-9H3;3H2,1-2H3;5H;1H3;;/q-2;;;-1;;+1. The topological polar surface area (TPSA) is 56.7 Å². The molecule has 0 amide bonds. The average molecular weight is 910 g/mol. The monoisotopic (exact) mass is 909 g/mol. The van der Waals surface area contributed by atoms with Crippen LogP contribution in [0.2, 0.25) is 5.02 Å². The number of pyridine rings is 1. The number of ketones is 1. The molecule has 1 aromatic heterocycles. The molecular formula is C41H66ClCrCsF3N3O2-2. The van der Waals surface area contributed by atoms with Gasteiger partial charge in [0.25, 0.3) is 0 Å². The molecule has 0 bridgehead atoms. The second-order valence-electron chi connectivity index (χ2n) is 14.5. The third kappa shape index (κ3) is 20.1. The fourth-order valence-corrected chi connectivity index (χ4v) is 6.81. The predicted molar refractivity (Wildman–Crippen MR) is 205 cm³/mol. The quantitative estimate of drug-likeness (QED) is 0.183. The van der Waals surface area contributed by atoms with Crippen molar-refractivity contribution in [1.82, 2.24) is 14.8 Å². The van der Waals surface area contributed by atoms with E-state index in [0.717, 1.165) is 67.9 Å².